The average Bonchev–Trinajstić information content (AvgIpc) is 2.55. The van der Waals surface area contributed by atoms with E-state index in [0.717, 1.165) is 38.9 Å². The summed E-state index contributed by atoms with van der Waals surface area (Å²) in [4.78, 5) is 14.3. The summed E-state index contributed by atoms with van der Waals surface area (Å²) in [6, 6.07) is 9.04. The van der Waals surface area contributed by atoms with Crippen LogP contribution in [0, 0.1) is 6.92 Å². The molecule has 0 bridgehead atoms. The van der Waals surface area contributed by atoms with Crippen molar-refractivity contribution in [3.05, 3.63) is 29.8 Å². The molecule has 4 nitrogen and oxygen atoms in total. The zero-order valence-corrected chi connectivity index (χ0v) is 14.1. The molecule has 2 N–H and O–H groups in total. The zero-order chi connectivity index (χ0) is 15.9. The summed E-state index contributed by atoms with van der Waals surface area (Å²) in [6.45, 7) is 8.92. The molecule has 1 heterocycles. The van der Waals surface area contributed by atoms with Crippen LogP contribution in [0.5, 0.6) is 0 Å². The number of hydrogen-bond acceptors (Lipinski definition) is 3. The number of amides is 1. The lowest BCUT2D eigenvalue weighted by Gasteiger charge is -2.36. The normalized spacial score (nSPS) is 18.0. The molecule has 1 aromatic rings. The molecule has 1 saturated heterocycles. The summed E-state index contributed by atoms with van der Waals surface area (Å²) in [5, 5.41) is 6.59. The maximum atomic E-state index is 12.0. The van der Waals surface area contributed by atoms with Gasteiger partial charge in [-0.05, 0) is 45.2 Å². The molecule has 122 valence electrons. The summed E-state index contributed by atoms with van der Waals surface area (Å²) in [7, 11) is 0. The summed E-state index contributed by atoms with van der Waals surface area (Å²) in [5.41, 5.74) is 2.48. The first-order valence-electron chi connectivity index (χ1n) is 8.45. The van der Waals surface area contributed by atoms with Crippen molar-refractivity contribution >= 4 is 11.6 Å². The van der Waals surface area contributed by atoms with E-state index in [1.807, 2.05) is 6.92 Å². The summed E-state index contributed by atoms with van der Waals surface area (Å²) >= 11 is 0. The van der Waals surface area contributed by atoms with E-state index in [4.69, 9.17) is 0 Å². The highest BCUT2D eigenvalue weighted by Gasteiger charge is 2.26. The predicted molar refractivity (Wildman–Crippen MR) is 92.2 cm³/mol. The van der Waals surface area contributed by atoms with Crippen molar-refractivity contribution in [1.29, 1.82) is 0 Å². The molecule has 0 spiro atoms. The number of likely N-dealkylation sites (tertiary alicyclic amines) is 1. The Labute approximate surface area is 134 Å². The van der Waals surface area contributed by atoms with Crippen molar-refractivity contribution in [3.63, 3.8) is 0 Å². The molecule has 1 amide bonds. The van der Waals surface area contributed by atoms with Crippen molar-refractivity contribution in [3.8, 4) is 0 Å². The molecule has 1 aromatic carbocycles. The Balaban J connectivity index is 1.77. The van der Waals surface area contributed by atoms with E-state index in [-0.39, 0.29) is 11.9 Å². The van der Waals surface area contributed by atoms with Crippen molar-refractivity contribution in [2.75, 3.05) is 25.0 Å². The summed E-state index contributed by atoms with van der Waals surface area (Å²) in [5.74, 6) is 0.159. The molecule has 1 fully saturated rings. The molecule has 0 aromatic heterocycles. The van der Waals surface area contributed by atoms with Crippen LogP contribution in [0.1, 0.15) is 38.7 Å². The van der Waals surface area contributed by atoms with Crippen molar-refractivity contribution in [1.82, 2.24) is 10.2 Å². The van der Waals surface area contributed by atoms with Crippen LogP contribution in [-0.4, -0.2) is 42.5 Å². The van der Waals surface area contributed by atoms with Gasteiger partial charge in [0.15, 0.2) is 0 Å². The van der Waals surface area contributed by atoms with E-state index in [1.54, 1.807) is 0 Å². The smallest absolute Gasteiger partial charge is 0.237 e. The number of rotatable bonds is 6. The maximum Gasteiger partial charge on any atom is 0.237 e. The van der Waals surface area contributed by atoms with Crippen molar-refractivity contribution < 1.29 is 4.79 Å². The van der Waals surface area contributed by atoms with Gasteiger partial charge in [-0.2, -0.15) is 0 Å². The van der Waals surface area contributed by atoms with Gasteiger partial charge in [0.2, 0.25) is 5.91 Å². The Kier molecular flexibility index (Phi) is 6.25. The zero-order valence-electron chi connectivity index (χ0n) is 14.1. The van der Waals surface area contributed by atoms with Gasteiger partial charge in [0, 0.05) is 31.4 Å². The van der Waals surface area contributed by atoms with E-state index in [0.29, 0.717) is 6.04 Å². The maximum absolute atomic E-state index is 12.0. The Morgan fingerprint density at radius 2 is 1.91 bits per heavy atom. The van der Waals surface area contributed by atoms with Crippen LogP contribution in [0.4, 0.5) is 5.69 Å². The first kappa shape index (κ1) is 16.8. The number of nitrogens with zero attached hydrogens (tertiary/aromatic N) is 1. The summed E-state index contributed by atoms with van der Waals surface area (Å²) < 4.78 is 0. The minimum atomic E-state index is -0.0214. The molecule has 1 aliphatic heterocycles. The number of benzene rings is 1. The van der Waals surface area contributed by atoms with Crippen molar-refractivity contribution in [2.24, 2.45) is 0 Å². The van der Waals surface area contributed by atoms with Crippen LogP contribution in [-0.2, 0) is 4.79 Å². The lowest BCUT2D eigenvalue weighted by molar-refractivity contribution is -0.126. The number of anilines is 1. The van der Waals surface area contributed by atoms with Gasteiger partial charge < -0.3 is 10.6 Å². The van der Waals surface area contributed by atoms with Gasteiger partial charge in [-0.1, -0.05) is 24.6 Å². The molecule has 1 atom stereocenters. The lowest BCUT2D eigenvalue weighted by Crippen LogP contribution is -2.50. The molecule has 0 radical (unpaired) electrons. The molecule has 4 heteroatoms. The van der Waals surface area contributed by atoms with Gasteiger partial charge in [0.1, 0.15) is 0 Å². The topological polar surface area (TPSA) is 44.4 Å². The Morgan fingerprint density at radius 1 is 1.27 bits per heavy atom. The average molecular weight is 303 g/mol. The van der Waals surface area contributed by atoms with Crippen LogP contribution in [0.25, 0.3) is 0 Å². The van der Waals surface area contributed by atoms with Gasteiger partial charge in [-0.15, -0.1) is 0 Å². The second kappa shape index (κ2) is 8.18. The summed E-state index contributed by atoms with van der Waals surface area (Å²) in [6.07, 6.45) is 3.15. The van der Waals surface area contributed by atoms with E-state index in [9.17, 15) is 4.79 Å². The molecular formula is C18H29N3O. The van der Waals surface area contributed by atoms with Crippen molar-refractivity contribution in [2.45, 2.75) is 52.1 Å². The minimum absolute atomic E-state index is 0.0214. The SMILES string of the molecule is CCCNC(=O)[C@@H](C)N1CCC(Nc2ccc(C)cc2)CC1. The Hall–Kier alpha value is -1.55. The van der Waals surface area contributed by atoms with Crippen LogP contribution >= 0.6 is 0 Å². The third-order valence-corrected chi connectivity index (χ3v) is 4.43. The number of aryl methyl sites for hydroxylation is 1. The standard InChI is InChI=1S/C18H29N3O/c1-4-11-19-18(22)15(3)21-12-9-17(10-13-21)20-16-7-5-14(2)6-8-16/h5-8,15,17,20H,4,9-13H2,1-3H3,(H,19,22)/t15-/m1/s1. The van der Waals surface area contributed by atoms with Crippen LogP contribution in [0.15, 0.2) is 24.3 Å². The second-order valence-electron chi connectivity index (χ2n) is 6.29. The van der Waals surface area contributed by atoms with E-state index < -0.39 is 0 Å². The van der Waals surface area contributed by atoms with Gasteiger partial charge in [0.25, 0.3) is 0 Å². The van der Waals surface area contributed by atoms with E-state index in [2.05, 4.69) is 53.6 Å². The highest BCUT2D eigenvalue weighted by Crippen LogP contribution is 2.18. The highest BCUT2D eigenvalue weighted by atomic mass is 16.2. The number of hydrogen-bond donors (Lipinski definition) is 2. The lowest BCUT2D eigenvalue weighted by atomic mass is 10.0. The first-order valence-corrected chi connectivity index (χ1v) is 8.45. The van der Waals surface area contributed by atoms with Crippen LogP contribution in [0.3, 0.4) is 0 Å². The fraction of sp³-hybridized carbons (Fsp3) is 0.611. The van der Waals surface area contributed by atoms with Crippen LogP contribution in [0.2, 0.25) is 0 Å². The Morgan fingerprint density at radius 3 is 2.50 bits per heavy atom. The molecule has 22 heavy (non-hydrogen) atoms. The largest absolute Gasteiger partial charge is 0.382 e. The number of carbonyl (C=O) groups excluding carboxylic acids is 1. The second-order valence-corrected chi connectivity index (χ2v) is 6.29. The third-order valence-electron chi connectivity index (χ3n) is 4.43. The number of piperidine rings is 1. The fourth-order valence-electron chi connectivity index (χ4n) is 2.88. The molecular weight excluding hydrogens is 274 g/mol. The van der Waals surface area contributed by atoms with Gasteiger partial charge in [0.05, 0.1) is 6.04 Å². The number of carbonyl (C=O) groups is 1. The predicted octanol–water partition coefficient (Wildman–Crippen LogP) is 2.79. The highest BCUT2D eigenvalue weighted by molar-refractivity contribution is 5.81. The molecule has 0 aliphatic carbocycles. The quantitative estimate of drug-likeness (QED) is 0.849. The third kappa shape index (κ3) is 4.73. The van der Waals surface area contributed by atoms with Gasteiger partial charge >= 0.3 is 0 Å². The van der Waals surface area contributed by atoms with E-state index >= 15 is 0 Å². The molecule has 2 rings (SSSR count). The molecule has 0 unspecified atom stereocenters. The van der Waals surface area contributed by atoms with Gasteiger partial charge in [-0.3, -0.25) is 9.69 Å². The fourth-order valence-corrected chi connectivity index (χ4v) is 2.88. The monoisotopic (exact) mass is 303 g/mol. The molecule has 1 aliphatic rings. The minimum Gasteiger partial charge on any atom is -0.382 e. The van der Waals surface area contributed by atoms with Crippen LogP contribution < -0.4 is 10.6 Å². The first-order chi connectivity index (χ1) is 10.6. The Bertz CT molecular complexity index is 464. The van der Waals surface area contributed by atoms with E-state index in [1.165, 1.54) is 11.3 Å². The molecule has 0 saturated carbocycles. The number of nitrogens with one attached hydrogen (secondary N) is 2. The van der Waals surface area contributed by atoms with Gasteiger partial charge in [-0.25, -0.2) is 0 Å².